The third kappa shape index (κ3) is 1.38. The largest absolute Gasteiger partial charge is 0.469 e. The van der Waals surface area contributed by atoms with Crippen LogP contribution < -0.4 is 0 Å². The number of hydrogen-bond donors (Lipinski definition) is 0. The molecule has 1 atom stereocenters. The Morgan fingerprint density at radius 2 is 2.12 bits per heavy atom. The maximum atomic E-state index is 11.6. The van der Waals surface area contributed by atoms with Crippen molar-refractivity contribution in [1.82, 2.24) is 4.57 Å². The van der Waals surface area contributed by atoms with Gasteiger partial charge in [0.1, 0.15) is 0 Å². The van der Waals surface area contributed by atoms with Gasteiger partial charge < -0.3 is 9.30 Å². The smallest absolute Gasteiger partial charge is 0.309 e. The number of ether oxygens (including phenoxy) is 1. The van der Waals surface area contributed by atoms with Crippen LogP contribution in [0.2, 0.25) is 0 Å². The fourth-order valence-electron chi connectivity index (χ4n) is 2.90. The van der Waals surface area contributed by atoms with Crippen LogP contribution in [0.25, 0.3) is 10.9 Å². The molecule has 0 spiro atoms. The van der Waals surface area contributed by atoms with E-state index in [0.717, 1.165) is 12.8 Å². The molecule has 0 amide bonds. The van der Waals surface area contributed by atoms with Gasteiger partial charge in [-0.2, -0.15) is 0 Å². The SMILES string of the molecule is COC(=O)[C@H]1Cc2c(n(C)c3ccccc23)C1. The molecule has 1 heterocycles. The Hall–Kier alpha value is -1.77. The third-order valence-electron chi connectivity index (χ3n) is 3.77. The number of methoxy groups -OCH3 is 1. The van der Waals surface area contributed by atoms with Crippen molar-refractivity contribution in [2.24, 2.45) is 13.0 Å². The summed E-state index contributed by atoms with van der Waals surface area (Å²) < 4.78 is 7.04. The van der Waals surface area contributed by atoms with Crippen molar-refractivity contribution in [2.45, 2.75) is 12.8 Å². The summed E-state index contributed by atoms with van der Waals surface area (Å²) in [7, 11) is 3.53. The number of aryl methyl sites for hydroxylation is 1. The molecule has 3 rings (SSSR count). The topological polar surface area (TPSA) is 31.2 Å². The van der Waals surface area contributed by atoms with Crippen molar-refractivity contribution < 1.29 is 9.53 Å². The van der Waals surface area contributed by atoms with Gasteiger partial charge in [-0.1, -0.05) is 18.2 Å². The van der Waals surface area contributed by atoms with Crippen LogP contribution in [-0.4, -0.2) is 17.6 Å². The number of aromatic nitrogens is 1. The zero-order valence-electron chi connectivity index (χ0n) is 10.1. The molecule has 0 saturated carbocycles. The van der Waals surface area contributed by atoms with E-state index in [1.807, 2.05) is 6.07 Å². The number of hydrogen-bond acceptors (Lipinski definition) is 2. The molecule has 1 aliphatic carbocycles. The number of esters is 1. The zero-order valence-corrected chi connectivity index (χ0v) is 10.1. The molecule has 88 valence electrons. The molecule has 0 fully saturated rings. The molecule has 0 unspecified atom stereocenters. The van der Waals surface area contributed by atoms with Crippen LogP contribution in [0.5, 0.6) is 0 Å². The van der Waals surface area contributed by atoms with Gasteiger partial charge in [-0.05, 0) is 18.1 Å². The average Bonchev–Trinajstić information content (AvgIpc) is 2.90. The van der Waals surface area contributed by atoms with Gasteiger partial charge >= 0.3 is 5.97 Å². The van der Waals surface area contributed by atoms with E-state index in [9.17, 15) is 4.79 Å². The van der Waals surface area contributed by atoms with Gasteiger partial charge in [0.25, 0.3) is 0 Å². The number of fused-ring (bicyclic) bond motifs is 3. The molecule has 0 saturated heterocycles. The van der Waals surface area contributed by atoms with E-state index in [0.29, 0.717) is 0 Å². The minimum absolute atomic E-state index is 0.000746. The predicted octanol–water partition coefficient (Wildman–Crippen LogP) is 2.07. The summed E-state index contributed by atoms with van der Waals surface area (Å²) in [6, 6.07) is 8.36. The average molecular weight is 229 g/mol. The molecule has 0 aliphatic heterocycles. The Labute approximate surface area is 100.0 Å². The molecular formula is C14H15NO2. The fraction of sp³-hybridized carbons (Fsp3) is 0.357. The molecule has 1 aromatic carbocycles. The fourth-order valence-corrected chi connectivity index (χ4v) is 2.90. The first-order valence-electron chi connectivity index (χ1n) is 5.85. The molecule has 3 nitrogen and oxygen atoms in total. The van der Waals surface area contributed by atoms with Crippen molar-refractivity contribution in [3.63, 3.8) is 0 Å². The quantitative estimate of drug-likeness (QED) is 0.701. The highest BCUT2D eigenvalue weighted by Crippen LogP contribution is 2.35. The van der Waals surface area contributed by atoms with Gasteiger partial charge in [0.15, 0.2) is 0 Å². The molecule has 0 radical (unpaired) electrons. The standard InChI is InChI=1S/C14H15NO2/c1-15-12-6-4-3-5-10(12)11-7-9(8-13(11)15)14(16)17-2/h3-6,9H,7-8H2,1-2H3/t9-/m0/s1. The summed E-state index contributed by atoms with van der Waals surface area (Å²) in [6.45, 7) is 0. The molecule has 1 aromatic heterocycles. The van der Waals surface area contributed by atoms with E-state index in [1.165, 1.54) is 29.3 Å². The number of carbonyl (C=O) groups is 1. The Balaban J connectivity index is 2.10. The lowest BCUT2D eigenvalue weighted by Crippen LogP contribution is -2.16. The number of benzene rings is 1. The molecule has 0 bridgehead atoms. The normalized spacial score (nSPS) is 18.4. The molecule has 2 aromatic rings. The van der Waals surface area contributed by atoms with Crippen LogP contribution in [0.3, 0.4) is 0 Å². The molecular weight excluding hydrogens is 214 g/mol. The van der Waals surface area contributed by atoms with Crippen molar-refractivity contribution >= 4 is 16.9 Å². The Morgan fingerprint density at radius 3 is 2.88 bits per heavy atom. The van der Waals surface area contributed by atoms with E-state index in [4.69, 9.17) is 4.74 Å². The number of nitrogens with zero attached hydrogens (tertiary/aromatic N) is 1. The first-order valence-corrected chi connectivity index (χ1v) is 5.85. The lowest BCUT2D eigenvalue weighted by atomic mass is 10.1. The number of para-hydroxylation sites is 1. The number of carbonyl (C=O) groups excluding carboxylic acids is 1. The van der Waals surface area contributed by atoms with Crippen LogP contribution in [0.15, 0.2) is 24.3 Å². The Morgan fingerprint density at radius 1 is 1.35 bits per heavy atom. The first-order chi connectivity index (χ1) is 8.22. The minimum Gasteiger partial charge on any atom is -0.469 e. The lowest BCUT2D eigenvalue weighted by molar-refractivity contribution is -0.145. The van der Waals surface area contributed by atoms with Crippen molar-refractivity contribution in [3.8, 4) is 0 Å². The van der Waals surface area contributed by atoms with Crippen LogP contribution in [-0.2, 0) is 29.4 Å². The van der Waals surface area contributed by atoms with Gasteiger partial charge in [0, 0.05) is 30.1 Å². The monoisotopic (exact) mass is 229 g/mol. The third-order valence-corrected chi connectivity index (χ3v) is 3.77. The predicted molar refractivity (Wildman–Crippen MR) is 65.8 cm³/mol. The van der Waals surface area contributed by atoms with Crippen LogP contribution in [0, 0.1) is 5.92 Å². The van der Waals surface area contributed by atoms with Crippen molar-refractivity contribution in [1.29, 1.82) is 0 Å². The highest BCUT2D eigenvalue weighted by molar-refractivity contribution is 5.88. The van der Waals surface area contributed by atoms with E-state index >= 15 is 0 Å². The van der Waals surface area contributed by atoms with Crippen molar-refractivity contribution in [3.05, 3.63) is 35.5 Å². The molecule has 0 N–H and O–H groups in total. The van der Waals surface area contributed by atoms with E-state index in [1.54, 1.807) is 0 Å². The first kappa shape index (κ1) is 10.4. The number of rotatable bonds is 1. The van der Waals surface area contributed by atoms with Crippen LogP contribution >= 0.6 is 0 Å². The summed E-state index contributed by atoms with van der Waals surface area (Å²) in [6.07, 6.45) is 1.61. The summed E-state index contributed by atoms with van der Waals surface area (Å²) >= 11 is 0. The molecule has 17 heavy (non-hydrogen) atoms. The lowest BCUT2D eigenvalue weighted by Gasteiger charge is -2.07. The highest BCUT2D eigenvalue weighted by atomic mass is 16.5. The van der Waals surface area contributed by atoms with Gasteiger partial charge in [0.2, 0.25) is 0 Å². The van der Waals surface area contributed by atoms with Crippen LogP contribution in [0.4, 0.5) is 0 Å². The van der Waals surface area contributed by atoms with Crippen LogP contribution in [0.1, 0.15) is 11.3 Å². The van der Waals surface area contributed by atoms with Crippen molar-refractivity contribution in [2.75, 3.05) is 7.11 Å². The second-order valence-corrected chi connectivity index (χ2v) is 4.63. The maximum absolute atomic E-state index is 11.6. The summed E-state index contributed by atoms with van der Waals surface area (Å²) in [5.74, 6) is -0.0916. The highest BCUT2D eigenvalue weighted by Gasteiger charge is 2.32. The Kier molecular flexibility index (Phi) is 2.21. The maximum Gasteiger partial charge on any atom is 0.309 e. The zero-order chi connectivity index (χ0) is 12.0. The summed E-state index contributed by atoms with van der Waals surface area (Å²) in [5, 5.41) is 1.27. The summed E-state index contributed by atoms with van der Waals surface area (Å²) in [4.78, 5) is 11.6. The molecule has 3 heteroatoms. The second kappa shape index (κ2) is 3.62. The summed E-state index contributed by atoms with van der Waals surface area (Å²) in [5.41, 5.74) is 3.85. The van der Waals surface area contributed by atoms with Gasteiger partial charge in [-0.15, -0.1) is 0 Å². The van der Waals surface area contributed by atoms with E-state index < -0.39 is 0 Å². The van der Waals surface area contributed by atoms with E-state index in [2.05, 4.69) is 29.8 Å². The Bertz CT molecular complexity index is 598. The minimum atomic E-state index is -0.0923. The second-order valence-electron chi connectivity index (χ2n) is 4.63. The van der Waals surface area contributed by atoms with E-state index in [-0.39, 0.29) is 11.9 Å². The molecule has 1 aliphatic rings. The van der Waals surface area contributed by atoms with Gasteiger partial charge in [0.05, 0.1) is 13.0 Å². The van der Waals surface area contributed by atoms with Gasteiger partial charge in [-0.3, -0.25) is 4.79 Å². The van der Waals surface area contributed by atoms with Gasteiger partial charge in [-0.25, -0.2) is 0 Å².